The van der Waals surface area contributed by atoms with E-state index >= 15 is 0 Å². The third-order valence-electron chi connectivity index (χ3n) is 3.64. The molecule has 0 unspecified atom stereocenters. The molecule has 1 aliphatic heterocycles. The molecule has 3 rings (SSSR count). The number of hydrogen-bond acceptors (Lipinski definition) is 8. The van der Waals surface area contributed by atoms with E-state index in [1.165, 1.54) is 12.1 Å². The van der Waals surface area contributed by atoms with E-state index in [1.807, 2.05) is 20.8 Å². The highest BCUT2D eigenvalue weighted by Gasteiger charge is 2.21. The van der Waals surface area contributed by atoms with Crippen molar-refractivity contribution in [2.75, 3.05) is 6.79 Å². The summed E-state index contributed by atoms with van der Waals surface area (Å²) in [6, 6.07) is 2.90. The van der Waals surface area contributed by atoms with Gasteiger partial charge in [0.2, 0.25) is 0 Å². The van der Waals surface area contributed by atoms with E-state index in [1.54, 1.807) is 11.3 Å². The minimum absolute atomic E-state index is 0.0268. The lowest BCUT2D eigenvalue weighted by atomic mass is 10.1. The lowest BCUT2D eigenvalue weighted by molar-refractivity contribution is -0.385. The van der Waals surface area contributed by atoms with Crippen LogP contribution in [-0.4, -0.2) is 22.4 Å². The molecule has 132 valence electrons. The Bertz CT molecular complexity index is 847. The molecule has 0 amide bonds. The number of aromatic nitrogens is 1. The first kappa shape index (κ1) is 17.3. The first-order chi connectivity index (χ1) is 12.0. The molecule has 1 aromatic heterocycles. The molecule has 9 heteroatoms. The summed E-state index contributed by atoms with van der Waals surface area (Å²) in [5.74, 6) is 0.564. The molecule has 0 radical (unpaired) electrons. The van der Waals surface area contributed by atoms with Crippen molar-refractivity contribution in [2.24, 2.45) is 5.16 Å². The number of fused-ring (bicyclic) bond motifs is 1. The minimum Gasteiger partial charge on any atom is -0.467 e. The van der Waals surface area contributed by atoms with Gasteiger partial charge in [0.15, 0.2) is 6.79 Å². The van der Waals surface area contributed by atoms with Crippen LogP contribution in [0.2, 0.25) is 0 Å². The maximum absolute atomic E-state index is 11.1. The van der Waals surface area contributed by atoms with Crippen molar-refractivity contribution >= 4 is 22.7 Å². The van der Waals surface area contributed by atoms with Gasteiger partial charge >= 0.3 is 0 Å². The first-order valence-electron chi connectivity index (χ1n) is 7.57. The summed E-state index contributed by atoms with van der Waals surface area (Å²) in [5, 5.41) is 16.2. The third-order valence-corrected chi connectivity index (χ3v) is 4.82. The zero-order chi connectivity index (χ0) is 18.0. The summed E-state index contributed by atoms with van der Waals surface area (Å²) >= 11 is 1.55. The lowest BCUT2D eigenvalue weighted by Crippen LogP contribution is -2.14. The molecule has 8 nitrogen and oxygen atoms in total. The van der Waals surface area contributed by atoms with Gasteiger partial charge in [-0.25, -0.2) is 4.98 Å². The van der Waals surface area contributed by atoms with Crippen LogP contribution in [0.5, 0.6) is 5.75 Å². The zero-order valence-electron chi connectivity index (χ0n) is 14.1. The predicted octanol–water partition coefficient (Wildman–Crippen LogP) is 3.48. The van der Waals surface area contributed by atoms with Crippen molar-refractivity contribution in [3.05, 3.63) is 49.0 Å². The molecule has 2 heterocycles. The second kappa shape index (κ2) is 7.16. The van der Waals surface area contributed by atoms with Crippen LogP contribution in [0.1, 0.15) is 33.6 Å². The highest BCUT2D eigenvalue weighted by Crippen LogP contribution is 2.33. The fraction of sp³-hybridized carbons (Fsp3) is 0.375. The van der Waals surface area contributed by atoms with Crippen molar-refractivity contribution < 1.29 is 19.2 Å². The van der Waals surface area contributed by atoms with E-state index in [2.05, 4.69) is 10.1 Å². The molecule has 2 aromatic rings. The number of thiazole rings is 1. The minimum atomic E-state index is -0.448. The second-order valence-corrected chi connectivity index (χ2v) is 6.76. The Hall–Kier alpha value is -2.52. The SMILES string of the molecule is CC(=NOCc1cc([N+](=O)[O-])cc2c1OCOC2)c1sc(C)nc1C. The second-order valence-electron chi connectivity index (χ2n) is 5.56. The van der Waals surface area contributed by atoms with Crippen molar-refractivity contribution in [1.82, 2.24) is 4.98 Å². The number of non-ortho nitro benzene ring substituents is 1. The fourth-order valence-corrected chi connectivity index (χ4v) is 3.46. The van der Waals surface area contributed by atoms with Gasteiger partial charge in [0.1, 0.15) is 12.4 Å². The van der Waals surface area contributed by atoms with Gasteiger partial charge in [0.05, 0.1) is 32.8 Å². The standard InChI is InChI=1S/C16H17N3O5S/c1-9-16(25-11(3)17-9)10(2)18-24-7-13-5-14(19(20)21)4-12-6-22-8-23-15(12)13/h4-5H,6-8H2,1-3H3. The molecule has 0 atom stereocenters. The largest absolute Gasteiger partial charge is 0.467 e. The molecule has 25 heavy (non-hydrogen) atoms. The van der Waals surface area contributed by atoms with Gasteiger partial charge in [-0.2, -0.15) is 0 Å². The number of rotatable bonds is 5. The maximum atomic E-state index is 11.1. The van der Waals surface area contributed by atoms with Crippen LogP contribution in [0.15, 0.2) is 17.3 Å². The average molecular weight is 363 g/mol. The Morgan fingerprint density at radius 1 is 1.48 bits per heavy atom. The Morgan fingerprint density at radius 3 is 2.96 bits per heavy atom. The zero-order valence-corrected chi connectivity index (χ0v) is 14.9. The number of hydrogen-bond donors (Lipinski definition) is 0. The number of ether oxygens (including phenoxy) is 2. The molecule has 0 saturated carbocycles. The first-order valence-corrected chi connectivity index (χ1v) is 8.39. The van der Waals surface area contributed by atoms with E-state index in [-0.39, 0.29) is 25.7 Å². The number of nitrogens with zero attached hydrogens (tertiary/aromatic N) is 3. The van der Waals surface area contributed by atoms with E-state index in [4.69, 9.17) is 14.3 Å². The summed E-state index contributed by atoms with van der Waals surface area (Å²) in [6.07, 6.45) is 0. The fourth-order valence-electron chi connectivity index (χ4n) is 2.60. The summed E-state index contributed by atoms with van der Waals surface area (Å²) < 4.78 is 10.7. The molecule has 0 fully saturated rings. The van der Waals surface area contributed by atoms with Crippen LogP contribution in [0, 0.1) is 24.0 Å². The Balaban J connectivity index is 1.80. The summed E-state index contributed by atoms with van der Waals surface area (Å²) in [7, 11) is 0. The Labute approximate surface area is 148 Å². The summed E-state index contributed by atoms with van der Waals surface area (Å²) in [6.45, 7) is 6.14. The predicted molar refractivity (Wildman–Crippen MR) is 92.0 cm³/mol. The van der Waals surface area contributed by atoms with Gasteiger partial charge < -0.3 is 14.3 Å². The number of nitro benzene ring substituents is 1. The van der Waals surface area contributed by atoms with Gasteiger partial charge in [0.25, 0.3) is 5.69 Å². The van der Waals surface area contributed by atoms with Crippen LogP contribution in [0.4, 0.5) is 5.69 Å². The molecule has 0 N–H and O–H groups in total. The van der Waals surface area contributed by atoms with Gasteiger partial charge in [-0.3, -0.25) is 10.1 Å². The highest BCUT2D eigenvalue weighted by atomic mass is 32.1. The molecule has 0 aliphatic carbocycles. The van der Waals surface area contributed by atoms with Crippen LogP contribution in [0.3, 0.4) is 0 Å². The molecule has 0 bridgehead atoms. The van der Waals surface area contributed by atoms with Crippen LogP contribution in [-0.2, 0) is 22.8 Å². The van der Waals surface area contributed by atoms with Crippen molar-refractivity contribution in [2.45, 2.75) is 34.0 Å². The monoisotopic (exact) mass is 363 g/mol. The van der Waals surface area contributed by atoms with Gasteiger partial charge in [-0.05, 0) is 20.8 Å². The number of benzene rings is 1. The smallest absolute Gasteiger partial charge is 0.270 e. The number of nitro groups is 1. The highest BCUT2D eigenvalue weighted by molar-refractivity contribution is 7.13. The van der Waals surface area contributed by atoms with E-state index < -0.39 is 4.92 Å². The van der Waals surface area contributed by atoms with Gasteiger partial charge in [-0.15, -0.1) is 11.3 Å². The van der Waals surface area contributed by atoms with E-state index in [9.17, 15) is 10.1 Å². The summed E-state index contributed by atoms with van der Waals surface area (Å²) in [4.78, 5) is 21.4. The van der Waals surface area contributed by atoms with Crippen LogP contribution in [0.25, 0.3) is 0 Å². The molecular weight excluding hydrogens is 346 g/mol. The Kier molecular flexibility index (Phi) is 4.95. The topological polar surface area (TPSA) is 96.1 Å². The normalized spacial score (nSPS) is 14.0. The quantitative estimate of drug-likeness (QED) is 0.458. The number of oxime groups is 1. The molecular formula is C16H17N3O5S. The Morgan fingerprint density at radius 2 is 2.28 bits per heavy atom. The van der Waals surface area contributed by atoms with Crippen LogP contribution < -0.4 is 4.74 Å². The van der Waals surface area contributed by atoms with Crippen molar-refractivity contribution in [3.63, 3.8) is 0 Å². The van der Waals surface area contributed by atoms with Crippen molar-refractivity contribution in [3.8, 4) is 5.75 Å². The summed E-state index contributed by atoms with van der Waals surface area (Å²) in [5.41, 5.74) is 2.79. The maximum Gasteiger partial charge on any atom is 0.270 e. The van der Waals surface area contributed by atoms with Gasteiger partial charge in [-0.1, -0.05) is 5.16 Å². The average Bonchev–Trinajstić information content (AvgIpc) is 2.93. The number of aryl methyl sites for hydroxylation is 2. The molecule has 1 aliphatic rings. The van der Waals surface area contributed by atoms with Gasteiger partial charge in [0, 0.05) is 23.3 Å². The van der Waals surface area contributed by atoms with E-state index in [0.29, 0.717) is 22.6 Å². The molecule has 0 spiro atoms. The van der Waals surface area contributed by atoms with Crippen molar-refractivity contribution in [1.29, 1.82) is 0 Å². The van der Waals surface area contributed by atoms with Crippen LogP contribution >= 0.6 is 11.3 Å². The molecule has 0 saturated heterocycles. The molecule has 1 aromatic carbocycles. The third kappa shape index (κ3) is 3.77. The van der Waals surface area contributed by atoms with E-state index in [0.717, 1.165) is 15.6 Å². The lowest BCUT2D eigenvalue weighted by Gasteiger charge is -2.20.